The van der Waals surface area contributed by atoms with Crippen LogP contribution in [0.2, 0.25) is 0 Å². The Bertz CT molecular complexity index is 720. The quantitative estimate of drug-likeness (QED) is 0.858. The Kier molecular flexibility index (Phi) is 5.73. The summed E-state index contributed by atoms with van der Waals surface area (Å²) in [4.78, 5) is 17.0. The summed E-state index contributed by atoms with van der Waals surface area (Å²) in [7, 11) is 1.97. The van der Waals surface area contributed by atoms with Gasteiger partial charge in [0.2, 0.25) is 0 Å². The number of hydrogen-bond acceptors (Lipinski definition) is 4. The highest BCUT2D eigenvalue weighted by Crippen LogP contribution is 2.22. The summed E-state index contributed by atoms with van der Waals surface area (Å²) in [5.74, 6) is 0.0892. The molecule has 1 N–H and O–H groups in total. The molecule has 6 nitrogen and oxygen atoms in total. The summed E-state index contributed by atoms with van der Waals surface area (Å²) in [6.45, 7) is 6.42. The molecule has 1 aliphatic rings. The number of carbonyl (C=O) groups is 1. The van der Waals surface area contributed by atoms with Gasteiger partial charge in [0.15, 0.2) is 0 Å². The van der Waals surface area contributed by atoms with Gasteiger partial charge in [0.05, 0.1) is 18.3 Å². The van der Waals surface area contributed by atoms with Crippen molar-refractivity contribution >= 4 is 16.8 Å². The van der Waals surface area contributed by atoms with Crippen LogP contribution in [0.3, 0.4) is 0 Å². The fourth-order valence-corrected chi connectivity index (χ4v) is 3.42. The zero-order chi connectivity index (χ0) is 17.8. The third kappa shape index (κ3) is 4.03. The second-order valence-electron chi connectivity index (χ2n) is 6.58. The van der Waals surface area contributed by atoms with Gasteiger partial charge < -0.3 is 19.3 Å². The first-order chi connectivity index (χ1) is 12.1. The number of carbonyl (C=O) groups excluding carboxylic acids is 1. The first-order valence-corrected chi connectivity index (χ1v) is 8.91. The van der Waals surface area contributed by atoms with Crippen LogP contribution in [0.5, 0.6) is 0 Å². The van der Waals surface area contributed by atoms with Gasteiger partial charge >= 0.3 is 0 Å². The van der Waals surface area contributed by atoms with Crippen molar-refractivity contribution in [2.45, 2.75) is 13.0 Å². The van der Waals surface area contributed by atoms with E-state index in [2.05, 4.69) is 4.90 Å². The van der Waals surface area contributed by atoms with Crippen molar-refractivity contribution in [3.8, 4) is 0 Å². The fraction of sp³-hybridized carbons (Fsp3) is 0.526. The van der Waals surface area contributed by atoms with E-state index in [0.717, 1.165) is 29.6 Å². The van der Waals surface area contributed by atoms with Crippen molar-refractivity contribution in [1.29, 1.82) is 0 Å². The summed E-state index contributed by atoms with van der Waals surface area (Å²) >= 11 is 0. The van der Waals surface area contributed by atoms with Gasteiger partial charge in [-0.2, -0.15) is 0 Å². The van der Waals surface area contributed by atoms with Crippen LogP contribution in [0.4, 0.5) is 0 Å². The highest BCUT2D eigenvalue weighted by molar-refractivity contribution is 6.07. The topological polar surface area (TPSA) is 57.9 Å². The Labute approximate surface area is 148 Å². The predicted molar refractivity (Wildman–Crippen MR) is 97.8 cm³/mol. The van der Waals surface area contributed by atoms with Crippen LogP contribution in [0, 0.1) is 0 Å². The van der Waals surface area contributed by atoms with E-state index in [4.69, 9.17) is 4.74 Å². The maximum Gasteiger partial charge on any atom is 0.256 e. The summed E-state index contributed by atoms with van der Waals surface area (Å²) in [6.07, 6.45) is 1.45. The summed E-state index contributed by atoms with van der Waals surface area (Å²) < 4.78 is 7.26. The van der Waals surface area contributed by atoms with Crippen LogP contribution in [0.1, 0.15) is 17.3 Å². The van der Waals surface area contributed by atoms with Gasteiger partial charge in [0.1, 0.15) is 0 Å². The zero-order valence-corrected chi connectivity index (χ0v) is 15.0. The van der Waals surface area contributed by atoms with E-state index in [1.807, 2.05) is 53.9 Å². The smallest absolute Gasteiger partial charge is 0.256 e. The number of aliphatic hydroxyl groups is 1. The molecule has 0 saturated carbocycles. The minimum atomic E-state index is -0.472. The second kappa shape index (κ2) is 7.99. The van der Waals surface area contributed by atoms with Crippen LogP contribution in [0.15, 0.2) is 30.5 Å². The highest BCUT2D eigenvalue weighted by atomic mass is 16.5. The minimum Gasteiger partial charge on any atom is -0.389 e. The van der Waals surface area contributed by atoms with E-state index < -0.39 is 6.10 Å². The number of β-amino-alcohol motifs (C(OH)–C–C–N with tert-alkyl or cyclic N) is 1. The van der Waals surface area contributed by atoms with E-state index in [0.29, 0.717) is 32.8 Å². The lowest BCUT2D eigenvalue weighted by molar-refractivity contribution is 0.0111. The number of ether oxygens (including phenoxy) is 1. The predicted octanol–water partition coefficient (Wildman–Crippen LogP) is 1.33. The summed E-state index contributed by atoms with van der Waals surface area (Å²) in [6, 6.07) is 7.99. The van der Waals surface area contributed by atoms with Crippen LogP contribution < -0.4 is 0 Å². The zero-order valence-electron chi connectivity index (χ0n) is 15.0. The maximum absolute atomic E-state index is 12.9. The van der Waals surface area contributed by atoms with E-state index >= 15 is 0 Å². The molecule has 1 amide bonds. The molecule has 1 aromatic heterocycles. The molecule has 1 aliphatic heterocycles. The lowest BCUT2D eigenvalue weighted by Gasteiger charge is -2.35. The van der Waals surface area contributed by atoms with Crippen molar-refractivity contribution in [3.05, 3.63) is 36.0 Å². The van der Waals surface area contributed by atoms with Gasteiger partial charge in [-0.1, -0.05) is 18.2 Å². The molecule has 2 heterocycles. The normalized spacial score (nSPS) is 17.2. The maximum atomic E-state index is 12.9. The SMILES string of the molecule is CCOCC(O)CN1CCN(C(=O)c2cn(C)c3ccccc23)CC1. The highest BCUT2D eigenvalue weighted by Gasteiger charge is 2.25. The molecule has 2 aromatic rings. The molecule has 6 heteroatoms. The Morgan fingerprint density at radius 3 is 2.68 bits per heavy atom. The molecule has 1 saturated heterocycles. The molecule has 0 spiro atoms. The number of piperazine rings is 1. The summed E-state index contributed by atoms with van der Waals surface area (Å²) in [5, 5.41) is 11.0. The van der Waals surface area contributed by atoms with E-state index in [9.17, 15) is 9.90 Å². The molecule has 1 unspecified atom stereocenters. The van der Waals surface area contributed by atoms with Gasteiger partial charge in [-0.25, -0.2) is 0 Å². The van der Waals surface area contributed by atoms with Crippen molar-refractivity contribution in [3.63, 3.8) is 0 Å². The Hall–Kier alpha value is -1.89. The van der Waals surface area contributed by atoms with Crippen molar-refractivity contribution < 1.29 is 14.6 Å². The first kappa shape index (κ1) is 17.9. The molecule has 3 rings (SSSR count). The van der Waals surface area contributed by atoms with E-state index in [1.165, 1.54) is 0 Å². The van der Waals surface area contributed by atoms with Crippen LogP contribution >= 0.6 is 0 Å². The Balaban J connectivity index is 1.60. The second-order valence-corrected chi connectivity index (χ2v) is 6.58. The van der Waals surface area contributed by atoms with Crippen molar-refractivity contribution in [2.75, 3.05) is 45.9 Å². The third-order valence-electron chi connectivity index (χ3n) is 4.77. The molecule has 1 aromatic carbocycles. The van der Waals surface area contributed by atoms with E-state index in [-0.39, 0.29) is 5.91 Å². The Morgan fingerprint density at radius 1 is 1.24 bits per heavy atom. The lowest BCUT2D eigenvalue weighted by Crippen LogP contribution is -2.50. The van der Waals surface area contributed by atoms with Crippen LogP contribution in [0.25, 0.3) is 10.9 Å². The lowest BCUT2D eigenvalue weighted by atomic mass is 10.1. The van der Waals surface area contributed by atoms with Crippen molar-refractivity contribution in [1.82, 2.24) is 14.4 Å². The molecular weight excluding hydrogens is 318 g/mol. The number of amides is 1. The molecule has 1 atom stereocenters. The van der Waals surface area contributed by atoms with E-state index in [1.54, 1.807) is 0 Å². The monoisotopic (exact) mass is 345 g/mol. The van der Waals surface area contributed by atoms with Gasteiger partial charge in [0, 0.05) is 63.5 Å². The average Bonchev–Trinajstić information content (AvgIpc) is 2.97. The number of nitrogens with zero attached hydrogens (tertiary/aromatic N) is 3. The minimum absolute atomic E-state index is 0.0892. The number of aliphatic hydroxyl groups excluding tert-OH is 1. The van der Waals surface area contributed by atoms with Gasteiger partial charge in [-0.05, 0) is 13.0 Å². The van der Waals surface area contributed by atoms with Crippen LogP contribution in [-0.2, 0) is 11.8 Å². The first-order valence-electron chi connectivity index (χ1n) is 8.91. The molecule has 0 bridgehead atoms. The largest absolute Gasteiger partial charge is 0.389 e. The number of aromatic nitrogens is 1. The molecule has 1 fully saturated rings. The van der Waals surface area contributed by atoms with Gasteiger partial charge in [-0.3, -0.25) is 9.69 Å². The number of hydrogen-bond donors (Lipinski definition) is 1. The standard InChI is InChI=1S/C19H27N3O3/c1-3-25-14-15(23)12-21-8-10-22(11-9-21)19(24)17-13-20(2)18-7-5-4-6-16(17)18/h4-7,13,15,23H,3,8-12,14H2,1-2H3. The van der Waals surface area contributed by atoms with Crippen molar-refractivity contribution in [2.24, 2.45) is 7.05 Å². The number of benzene rings is 1. The van der Waals surface area contributed by atoms with Gasteiger partial charge in [0.25, 0.3) is 5.91 Å². The number of aryl methyl sites for hydroxylation is 1. The number of rotatable bonds is 6. The number of para-hydroxylation sites is 1. The molecule has 136 valence electrons. The molecule has 0 radical (unpaired) electrons. The molecule has 25 heavy (non-hydrogen) atoms. The van der Waals surface area contributed by atoms with Gasteiger partial charge in [-0.15, -0.1) is 0 Å². The fourth-order valence-electron chi connectivity index (χ4n) is 3.42. The third-order valence-corrected chi connectivity index (χ3v) is 4.77. The van der Waals surface area contributed by atoms with Crippen LogP contribution in [-0.4, -0.2) is 77.4 Å². The Morgan fingerprint density at radius 2 is 1.96 bits per heavy atom. The molecule has 0 aliphatic carbocycles. The average molecular weight is 345 g/mol. The number of fused-ring (bicyclic) bond motifs is 1. The summed E-state index contributed by atoms with van der Waals surface area (Å²) in [5.41, 5.74) is 1.84. The molecular formula is C19H27N3O3.